The van der Waals surface area contributed by atoms with Crippen LogP contribution in [0.15, 0.2) is 11.5 Å². The van der Waals surface area contributed by atoms with Crippen LogP contribution in [0, 0.1) is 5.92 Å². The first-order valence-electron chi connectivity index (χ1n) is 7.66. The second kappa shape index (κ2) is 5.96. The van der Waals surface area contributed by atoms with Crippen LogP contribution in [0.4, 0.5) is 0 Å². The minimum absolute atomic E-state index is 0.166. The first kappa shape index (κ1) is 14.8. The van der Waals surface area contributed by atoms with Gasteiger partial charge in [0, 0.05) is 18.8 Å². The number of thioether (sulfide) groups is 1. The Labute approximate surface area is 129 Å². The van der Waals surface area contributed by atoms with Gasteiger partial charge in [-0.15, -0.1) is 0 Å². The Kier molecular flexibility index (Phi) is 4.21. The molecule has 0 radical (unpaired) electrons. The van der Waals surface area contributed by atoms with Gasteiger partial charge in [0.05, 0.1) is 0 Å². The number of primary amides is 1. The van der Waals surface area contributed by atoms with Crippen molar-refractivity contribution in [3.05, 3.63) is 6.33 Å². The van der Waals surface area contributed by atoms with Crippen LogP contribution in [0.2, 0.25) is 0 Å². The van der Waals surface area contributed by atoms with Crippen LogP contribution in [-0.4, -0.2) is 38.0 Å². The number of hydrogen-bond acceptors (Lipinski definition) is 5. The highest BCUT2D eigenvalue weighted by atomic mass is 32.2. The number of nitrogens with one attached hydrogen (secondary N) is 1. The van der Waals surface area contributed by atoms with Crippen LogP contribution in [-0.2, 0) is 11.8 Å². The maximum absolute atomic E-state index is 12.1. The Balaban J connectivity index is 1.60. The molecule has 2 fully saturated rings. The second-order valence-electron chi connectivity index (χ2n) is 6.15. The molecule has 2 atom stereocenters. The fourth-order valence-electron chi connectivity index (χ4n) is 3.35. The Morgan fingerprint density at radius 3 is 3.00 bits per heavy atom. The fourth-order valence-corrected chi connectivity index (χ4v) is 4.30. The molecule has 1 aromatic heterocycles. The van der Waals surface area contributed by atoms with Gasteiger partial charge >= 0.3 is 0 Å². The zero-order valence-corrected chi connectivity index (χ0v) is 13.2. The molecule has 1 heterocycles. The number of aromatic nitrogens is 3. The van der Waals surface area contributed by atoms with E-state index in [1.807, 2.05) is 7.05 Å². The van der Waals surface area contributed by atoms with Crippen molar-refractivity contribution in [2.75, 3.05) is 5.75 Å². The topological polar surface area (TPSA) is 85.8 Å². The van der Waals surface area contributed by atoms with Crippen molar-refractivity contribution in [2.45, 2.75) is 55.3 Å². The van der Waals surface area contributed by atoms with E-state index < -0.39 is 5.54 Å². The molecule has 0 spiro atoms. The molecule has 0 aromatic carbocycles. The molecule has 1 aromatic rings. The van der Waals surface area contributed by atoms with Crippen LogP contribution in [0.3, 0.4) is 0 Å². The molecular weight excluding hydrogens is 286 g/mol. The summed E-state index contributed by atoms with van der Waals surface area (Å²) in [6.45, 7) is 0. The zero-order chi connectivity index (χ0) is 14.9. The number of aryl methyl sites for hydroxylation is 1. The van der Waals surface area contributed by atoms with E-state index in [-0.39, 0.29) is 5.91 Å². The van der Waals surface area contributed by atoms with Crippen molar-refractivity contribution < 1.29 is 4.79 Å². The van der Waals surface area contributed by atoms with E-state index >= 15 is 0 Å². The molecule has 2 aliphatic rings. The largest absolute Gasteiger partial charge is 0.368 e. The molecule has 6 nitrogen and oxygen atoms in total. The van der Waals surface area contributed by atoms with E-state index in [0.29, 0.717) is 12.0 Å². The van der Waals surface area contributed by atoms with Gasteiger partial charge in [-0.25, -0.2) is 9.67 Å². The summed E-state index contributed by atoms with van der Waals surface area (Å²) >= 11 is 1.70. The summed E-state index contributed by atoms with van der Waals surface area (Å²) < 4.78 is 1.78. The van der Waals surface area contributed by atoms with E-state index in [4.69, 9.17) is 5.73 Å². The summed E-state index contributed by atoms with van der Waals surface area (Å²) in [6.07, 6.45) is 7.97. The van der Waals surface area contributed by atoms with Gasteiger partial charge in [-0.05, 0) is 38.0 Å². The van der Waals surface area contributed by atoms with Gasteiger partial charge in [0.1, 0.15) is 11.9 Å². The van der Waals surface area contributed by atoms with E-state index in [0.717, 1.165) is 36.6 Å². The maximum atomic E-state index is 12.1. The first-order chi connectivity index (χ1) is 10.1. The van der Waals surface area contributed by atoms with Gasteiger partial charge in [-0.2, -0.15) is 5.10 Å². The van der Waals surface area contributed by atoms with E-state index in [9.17, 15) is 4.79 Å². The van der Waals surface area contributed by atoms with E-state index in [1.165, 1.54) is 12.8 Å². The third kappa shape index (κ3) is 3.08. The van der Waals surface area contributed by atoms with Gasteiger partial charge in [-0.1, -0.05) is 18.2 Å². The molecule has 21 heavy (non-hydrogen) atoms. The lowest BCUT2D eigenvalue weighted by molar-refractivity contribution is -0.126. The van der Waals surface area contributed by atoms with Crippen molar-refractivity contribution in [1.29, 1.82) is 0 Å². The number of carbonyl (C=O) groups is 1. The molecule has 0 saturated heterocycles. The van der Waals surface area contributed by atoms with Gasteiger partial charge in [0.15, 0.2) is 5.16 Å². The maximum Gasteiger partial charge on any atom is 0.238 e. The van der Waals surface area contributed by atoms with E-state index in [2.05, 4.69) is 15.4 Å². The number of rotatable bonds is 7. The number of nitrogens with zero attached hydrogens (tertiary/aromatic N) is 3. The Morgan fingerprint density at radius 1 is 1.57 bits per heavy atom. The van der Waals surface area contributed by atoms with Gasteiger partial charge in [0.25, 0.3) is 0 Å². The van der Waals surface area contributed by atoms with Crippen LogP contribution in [0.25, 0.3) is 0 Å². The molecule has 116 valence electrons. The molecule has 3 rings (SSSR count). The quantitative estimate of drug-likeness (QED) is 0.736. The molecule has 2 aliphatic carbocycles. The predicted octanol–water partition coefficient (Wildman–Crippen LogP) is 1.07. The third-order valence-electron chi connectivity index (χ3n) is 4.67. The molecule has 2 saturated carbocycles. The SMILES string of the molecule is Cn1ncnc1SCCC1CCCC1(NC1CC1)C(N)=O. The fraction of sp³-hybridized carbons (Fsp3) is 0.786. The van der Waals surface area contributed by atoms with Crippen LogP contribution < -0.4 is 11.1 Å². The Morgan fingerprint density at radius 2 is 2.38 bits per heavy atom. The summed E-state index contributed by atoms with van der Waals surface area (Å²) in [6, 6.07) is 0.504. The highest BCUT2D eigenvalue weighted by molar-refractivity contribution is 7.99. The molecule has 7 heteroatoms. The molecule has 2 unspecified atom stereocenters. The van der Waals surface area contributed by atoms with Crippen LogP contribution in [0.5, 0.6) is 0 Å². The Bertz CT molecular complexity index is 515. The van der Waals surface area contributed by atoms with Gasteiger partial charge < -0.3 is 11.1 Å². The van der Waals surface area contributed by atoms with E-state index in [1.54, 1.807) is 22.8 Å². The van der Waals surface area contributed by atoms with Crippen molar-refractivity contribution in [3.63, 3.8) is 0 Å². The normalized spacial score (nSPS) is 28.9. The van der Waals surface area contributed by atoms with Crippen molar-refractivity contribution in [3.8, 4) is 0 Å². The number of carbonyl (C=O) groups excluding carboxylic acids is 1. The monoisotopic (exact) mass is 309 g/mol. The Hall–Kier alpha value is -1.08. The lowest BCUT2D eigenvalue weighted by Crippen LogP contribution is -2.58. The minimum Gasteiger partial charge on any atom is -0.368 e. The smallest absolute Gasteiger partial charge is 0.238 e. The lowest BCUT2D eigenvalue weighted by atomic mass is 9.84. The summed E-state index contributed by atoms with van der Waals surface area (Å²) in [4.78, 5) is 16.3. The lowest BCUT2D eigenvalue weighted by Gasteiger charge is -2.34. The summed E-state index contributed by atoms with van der Waals surface area (Å²) in [5.74, 6) is 1.12. The highest BCUT2D eigenvalue weighted by Crippen LogP contribution is 2.41. The molecule has 1 amide bonds. The van der Waals surface area contributed by atoms with Crippen molar-refractivity contribution >= 4 is 17.7 Å². The average Bonchev–Trinajstić information content (AvgIpc) is 3.02. The zero-order valence-electron chi connectivity index (χ0n) is 12.4. The van der Waals surface area contributed by atoms with Gasteiger partial charge in [0.2, 0.25) is 5.91 Å². The minimum atomic E-state index is -0.471. The van der Waals surface area contributed by atoms with Crippen molar-refractivity contribution in [2.24, 2.45) is 18.7 Å². The highest BCUT2D eigenvalue weighted by Gasteiger charge is 2.49. The molecule has 0 bridgehead atoms. The number of hydrogen-bond donors (Lipinski definition) is 2. The second-order valence-corrected chi connectivity index (χ2v) is 7.21. The summed E-state index contributed by atoms with van der Waals surface area (Å²) in [5, 5.41) is 8.55. The first-order valence-corrected chi connectivity index (χ1v) is 8.65. The molecule has 3 N–H and O–H groups in total. The molecule has 0 aliphatic heterocycles. The van der Waals surface area contributed by atoms with Gasteiger partial charge in [-0.3, -0.25) is 4.79 Å². The summed E-state index contributed by atoms with van der Waals surface area (Å²) in [7, 11) is 1.90. The average molecular weight is 309 g/mol. The predicted molar refractivity (Wildman–Crippen MR) is 81.8 cm³/mol. The van der Waals surface area contributed by atoms with Crippen LogP contribution in [0.1, 0.15) is 38.5 Å². The number of nitrogens with two attached hydrogens (primary N) is 1. The molecular formula is C14H23N5OS. The summed E-state index contributed by atoms with van der Waals surface area (Å²) in [5.41, 5.74) is 5.28. The van der Waals surface area contributed by atoms with Crippen LogP contribution >= 0.6 is 11.8 Å². The standard InChI is InChI=1S/C14H23N5OS/c1-19-13(16-9-17-19)21-8-6-10-3-2-7-14(10,12(15)20)18-11-4-5-11/h9-11,18H,2-8H2,1H3,(H2,15,20). The third-order valence-corrected chi connectivity index (χ3v) is 5.73. The van der Waals surface area contributed by atoms with Crippen molar-refractivity contribution in [1.82, 2.24) is 20.1 Å². The number of amides is 1.